The van der Waals surface area contributed by atoms with Crippen molar-refractivity contribution in [2.45, 2.75) is 0 Å². The molecule has 0 N–H and O–H groups in total. The van der Waals surface area contributed by atoms with E-state index in [1.54, 1.807) is 29.2 Å². The molecule has 11 nitrogen and oxygen atoms in total. The van der Waals surface area contributed by atoms with Crippen LogP contribution in [0.15, 0.2) is 82.7 Å². The molecule has 0 unspecified atom stereocenters. The largest absolute Gasteiger partial charge is 0.483 e. The highest BCUT2D eigenvalue weighted by Gasteiger charge is 2.19. The second-order valence-corrected chi connectivity index (χ2v) is 8.44. The molecule has 0 radical (unpaired) electrons. The van der Waals surface area contributed by atoms with Crippen LogP contribution in [0.25, 0.3) is 22.3 Å². The summed E-state index contributed by atoms with van der Waals surface area (Å²) in [6.07, 6.45) is 1.30. The van der Waals surface area contributed by atoms with Crippen LogP contribution in [-0.4, -0.2) is 64.5 Å². The summed E-state index contributed by atoms with van der Waals surface area (Å²) in [5.74, 6) is 0.292. The number of rotatable bonds is 7. The number of hydrogen-bond donors (Lipinski definition) is 0. The first kappa shape index (κ1) is 24.8. The van der Waals surface area contributed by atoms with Crippen LogP contribution in [0.5, 0.6) is 5.75 Å². The third-order valence-electron chi connectivity index (χ3n) is 6.02. The predicted octanol–water partition coefficient (Wildman–Crippen LogP) is 3.09. The van der Waals surface area contributed by atoms with Crippen LogP contribution in [0.4, 0.5) is 5.69 Å². The molecule has 11 heteroatoms. The van der Waals surface area contributed by atoms with Gasteiger partial charge in [0.15, 0.2) is 12.4 Å². The second kappa shape index (κ2) is 11.0. The number of amides is 1. The maximum atomic E-state index is 13.4. The monoisotopic (exact) mass is 513 g/mol. The Bertz CT molecular complexity index is 1580. The van der Waals surface area contributed by atoms with Gasteiger partial charge in [-0.15, -0.1) is 0 Å². The lowest BCUT2D eigenvalue weighted by molar-refractivity contribution is -0.384. The fraction of sp³-hybridized carbons (Fsp3) is 0.185. The van der Waals surface area contributed by atoms with E-state index in [4.69, 9.17) is 9.47 Å². The summed E-state index contributed by atoms with van der Waals surface area (Å²) in [6.45, 7) is 1.60. The molecule has 1 amide bonds. The number of aromatic nitrogens is 2. The summed E-state index contributed by atoms with van der Waals surface area (Å²) in [5, 5.41) is 16.2. The van der Waals surface area contributed by atoms with Gasteiger partial charge in [0, 0.05) is 36.3 Å². The van der Waals surface area contributed by atoms with Gasteiger partial charge >= 0.3 is 0 Å². The van der Waals surface area contributed by atoms with Crippen molar-refractivity contribution < 1.29 is 19.2 Å². The maximum absolute atomic E-state index is 13.4. The van der Waals surface area contributed by atoms with Crippen molar-refractivity contribution in [3.8, 4) is 17.1 Å². The molecular formula is C27H23N5O6. The lowest BCUT2D eigenvalue weighted by atomic mass is 10.2. The van der Waals surface area contributed by atoms with Crippen LogP contribution in [0.1, 0.15) is 5.56 Å². The Balaban J connectivity index is 1.53. The van der Waals surface area contributed by atoms with Gasteiger partial charge in [-0.25, -0.2) is 4.98 Å². The van der Waals surface area contributed by atoms with Crippen molar-refractivity contribution in [2.75, 3.05) is 32.9 Å². The van der Waals surface area contributed by atoms with Crippen molar-refractivity contribution in [1.82, 2.24) is 14.6 Å². The van der Waals surface area contributed by atoms with E-state index in [9.17, 15) is 19.7 Å². The molecule has 1 fully saturated rings. The number of hydrogen-bond acceptors (Lipinski definition) is 8. The van der Waals surface area contributed by atoms with Crippen LogP contribution in [0.3, 0.4) is 0 Å². The zero-order valence-electron chi connectivity index (χ0n) is 20.2. The number of morpholine rings is 1. The molecule has 0 atom stereocenters. The topological polar surface area (TPSA) is 129 Å². The second-order valence-electron chi connectivity index (χ2n) is 8.44. The molecule has 1 aliphatic rings. The summed E-state index contributed by atoms with van der Waals surface area (Å²) in [6, 6.07) is 20.0. The molecule has 0 aliphatic carbocycles. The summed E-state index contributed by atoms with van der Waals surface area (Å²) in [7, 11) is 0. The van der Waals surface area contributed by atoms with Crippen molar-refractivity contribution in [3.05, 3.63) is 98.8 Å². The first-order valence-corrected chi connectivity index (χ1v) is 11.9. The molecule has 38 heavy (non-hydrogen) atoms. The average molecular weight is 514 g/mol. The number of non-ortho nitro benzene ring substituents is 1. The Labute approximate surface area is 216 Å². The Kier molecular flexibility index (Phi) is 7.18. The Morgan fingerprint density at radius 3 is 2.58 bits per heavy atom. The smallest absolute Gasteiger partial charge is 0.282 e. The van der Waals surface area contributed by atoms with Gasteiger partial charge in [0.2, 0.25) is 0 Å². The number of nitro benzene ring substituents is 1. The summed E-state index contributed by atoms with van der Waals surface area (Å²) in [5.41, 5.74) is 0.822. The van der Waals surface area contributed by atoms with Gasteiger partial charge < -0.3 is 14.4 Å². The Morgan fingerprint density at radius 2 is 1.82 bits per heavy atom. The minimum Gasteiger partial charge on any atom is -0.483 e. The van der Waals surface area contributed by atoms with Crippen LogP contribution in [0.2, 0.25) is 0 Å². The van der Waals surface area contributed by atoms with Crippen LogP contribution in [-0.2, 0) is 9.53 Å². The minimum absolute atomic E-state index is 0.189. The van der Waals surface area contributed by atoms with E-state index < -0.39 is 10.5 Å². The van der Waals surface area contributed by atoms with Crippen molar-refractivity contribution >= 4 is 28.7 Å². The molecule has 0 spiro atoms. The molecular weight excluding hydrogens is 490 g/mol. The number of para-hydroxylation sites is 1. The SMILES string of the molecule is O=C(COc1ccc([N+](=O)[O-])cc1C=Nn1c(-c2ccccc2)nc2ccccc2c1=O)N1CCOCC1. The standard InChI is InChI=1S/C27H23N5O6/c33-25(30-12-14-37-15-13-30)18-38-24-11-10-21(32(35)36)16-20(24)17-28-31-26(19-6-2-1-3-7-19)29-23-9-5-4-8-22(23)27(31)34/h1-11,16-17H,12-15,18H2. The minimum atomic E-state index is -0.543. The first-order chi connectivity index (χ1) is 18.5. The van der Waals surface area contributed by atoms with Crippen molar-refractivity contribution in [1.29, 1.82) is 0 Å². The number of fused-ring (bicyclic) bond motifs is 1. The zero-order valence-corrected chi connectivity index (χ0v) is 20.2. The molecule has 4 aromatic rings. The first-order valence-electron chi connectivity index (χ1n) is 11.9. The third-order valence-corrected chi connectivity index (χ3v) is 6.02. The van der Waals surface area contributed by atoms with E-state index in [0.29, 0.717) is 48.6 Å². The zero-order chi connectivity index (χ0) is 26.5. The van der Waals surface area contributed by atoms with E-state index in [2.05, 4.69) is 10.1 Å². The van der Waals surface area contributed by atoms with Gasteiger partial charge in [0.1, 0.15) is 5.75 Å². The summed E-state index contributed by atoms with van der Waals surface area (Å²) < 4.78 is 12.2. The number of ether oxygens (including phenoxy) is 2. The summed E-state index contributed by atoms with van der Waals surface area (Å²) >= 11 is 0. The lowest BCUT2D eigenvalue weighted by Gasteiger charge is -2.26. The van der Waals surface area contributed by atoms with Gasteiger partial charge in [-0.05, 0) is 18.2 Å². The van der Waals surface area contributed by atoms with E-state index in [1.807, 2.05) is 30.3 Å². The van der Waals surface area contributed by atoms with E-state index >= 15 is 0 Å². The summed E-state index contributed by atoms with van der Waals surface area (Å²) in [4.78, 5) is 43.1. The maximum Gasteiger partial charge on any atom is 0.282 e. The fourth-order valence-corrected chi connectivity index (χ4v) is 4.05. The van der Waals surface area contributed by atoms with Gasteiger partial charge in [-0.1, -0.05) is 42.5 Å². The highest BCUT2D eigenvalue weighted by atomic mass is 16.6. The van der Waals surface area contributed by atoms with E-state index in [-0.39, 0.29) is 29.5 Å². The normalized spacial score (nSPS) is 13.6. The van der Waals surface area contributed by atoms with Gasteiger partial charge in [0.05, 0.1) is 35.3 Å². The van der Waals surface area contributed by atoms with Crippen LogP contribution >= 0.6 is 0 Å². The fourth-order valence-electron chi connectivity index (χ4n) is 4.05. The van der Waals surface area contributed by atoms with Crippen LogP contribution < -0.4 is 10.3 Å². The molecule has 0 bridgehead atoms. The third kappa shape index (κ3) is 5.27. The molecule has 5 rings (SSSR count). The number of nitrogens with zero attached hydrogens (tertiary/aromatic N) is 5. The van der Waals surface area contributed by atoms with Crippen molar-refractivity contribution in [3.63, 3.8) is 0 Å². The van der Waals surface area contributed by atoms with Crippen molar-refractivity contribution in [2.24, 2.45) is 5.10 Å². The molecule has 1 aromatic heterocycles. The number of carbonyl (C=O) groups is 1. The molecule has 192 valence electrons. The van der Waals surface area contributed by atoms with Gasteiger partial charge in [-0.3, -0.25) is 19.7 Å². The molecule has 3 aromatic carbocycles. The predicted molar refractivity (Wildman–Crippen MR) is 140 cm³/mol. The molecule has 1 aliphatic heterocycles. The van der Waals surface area contributed by atoms with Gasteiger partial charge in [0.25, 0.3) is 17.2 Å². The quantitative estimate of drug-likeness (QED) is 0.211. The van der Waals surface area contributed by atoms with Crippen LogP contribution in [0, 0.1) is 10.1 Å². The molecule has 0 saturated carbocycles. The molecule has 1 saturated heterocycles. The number of nitro groups is 1. The lowest BCUT2D eigenvalue weighted by Crippen LogP contribution is -2.43. The number of benzene rings is 3. The van der Waals surface area contributed by atoms with E-state index in [1.165, 1.54) is 24.4 Å². The molecule has 2 heterocycles. The Hall–Kier alpha value is -4.90. The number of carbonyl (C=O) groups excluding carboxylic acids is 1. The van der Waals surface area contributed by atoms with Gasteiger partial charge in [-0.2, -0.15) is 9.78 Å². The van der Waals surface area contributed by atoms with E-state index in [0.717, 1.165) is 4.68 Å². The Morgan fingerprint density at radius 1 is 1.08 bits per heavy atom. The average Bonchev–Trinajstić information content (AvgIpc) is 2.96. The highest BCUT2D eigenvalue weighted by Crippen LogP contribution is 2.24. The highest BCUT2D eigenvalue weighted by molar-refractivity contribution is 5.86.